The highest BCUT2D eigenvalue weighted by Crippen LogP contribution is 2.32. The van der Waals surface area contributed by atoms with Crippen LogP contribution >= 0.6 is 57.1 Å². The van der Waals surface area contributed by atoms with Crippen molar-refractivity contribution in [1.29, 1.82) is 0 Å². The number of thiophene rings is 1. The predicted molar refractivity (Wildman–Crippen MR) is 82.7 cm³/mol. The molecule has 2 nitrogen and oxygen atoms in total. The lowest BCUT2D eigenvalue weighted by Gasteiger charge is -2.15. The van der Waals surface area contributed by atoms with Gasteiger partial charge in [-0.3, -0.25) is 5.84 Å². The summed E-state index contributed by atoms with van der Waals surface area (Å²) in [6.45, 7) is 0. The molecule has 6 heteroatoms. The van der Waals surface area contributed by atoms with Crippen LogP contribution < -0.4 is 11.3 Å². The van der Waals surface area contributed by atoms with Crippen molar-refractivity contribution < 1.29 is 0 Å². The van der Waals surface area contributed by atoms with Gasteiger partial charge in [0.25, 0.3) is 0 Å². The number of nitrogens with one attached hydrogen (secondary N) is 1. The van der Waals surface area contributed by atoms with Gasteiger partial charge in [0.1, 0.15) is 0 Å². The maximum Gasteiger partial charge on any atom is 0.0931 e. The Morgan fingerprint density at radius 2 is 2.00 bits per heavy atom. The molecule has 0 amide bonds. The van der Waals surface area contributed by atoms with Gasteiger partial charge in [-0.1, -0.05) is 29.3 Å². The molecule has 0 spiro atoms. The minimum atomic E-state index is -0.0815. The Bertz CT molecular complexity index is 530. The van der Waals surface area contributed by atoms with E-state index in [1.807, 2.05) is 30.3 Å². The second kappa shape index (κ2) is 5.86. The average molecular weight is 399 g/mol. The third-order valence-corrected chi connectivity index (χ3v) is 5.19. The van der Waals surface area contributed by atoms with E-state index < -0.39 is 0 Å². The highest BCUT2D eigenvalue weighted by molar-refractivity contribution is 14.1. The number of halogens is 3. The molecule has 0 aliphatic carbocycles. The highest BCUT2D eigenvalue weighted by atomic mass is 127. The quantitative estimate of drug-likeness (QED) is 0.461. The lowest BCUT2D eigenvalue weighted by Crippen LogP contribution is -2.28. The molecule has 1 aromatic heterocycles. The number of benzene rings is 1. The first-order valence-corrected chi connectivity index (χ1v) is 7.43. The second-order valence-corrected chi connectivity index (χ2v) is 6.73. The highest BCUT2D eigenvalue weighted by Gasteiger charge is 2.15. The normalized spacial score (nSPS) is 12.7. The molecule has 0 saturated carbocycles. The minimum Gasteiger partial charge on any atom is -0.271 e. The molecule has 0 bridgehead atoms. The maximum atomic E-state index is 6.11. The van der Waals surface area contributed by atoms with Crippen molar-refractivity contribution in [3.63, 3.8) is 0 Å². The largest absolute Gasteiger partial charge is 0.271 e. The summed E-state index contributed by atoms with van der Waals surface area (Å²) in [6, 6.07) is 9.64. The van der Waals surface area contributed by atoms with E-state index in [1.165, 1.54) is 11.3 Å². The molecule has 1 unspecified atom stereocenters. The molecule has 17 heavy (non-hydrogen) atoms. The van der Waals surface area contributed by atoms with Crippen molar-refractivity contribution >= 4 is 57.1 Å². The third-order valence-electron chi connectivity index (χ3n) is 2.32. The molecule has 3 N–H and O–H groups in total. The molecule has 2 rings (SSSR count). The molecular weight excluding hydrogens is 390 g/mol. The summed E-state index contributed by atoms with van der Waals surface area (Å²) in [6.07, 6.45) is 0. The van der Waals surface area contributed by atoms with Gasteiger partial charge in [0.2, 0.25) is 0 Å². The Morgan fingerprint density at radius 1 is 1.24 bits per heavy atom. The van der Waals surface area contributed by atoms with Crippen LogP contribution in [0, 0.1) is 3.57 Å². The molecule has 1 atom stereocenters. The van der Waals surface area contributed by atoms with Gasteiger partial charge < -0.3 is 0 Å². The van der Waals surface area contributed by atoms with Crippen LogP contribution in [0.15, 0.2) is 30.3 Å². The fraction of sp³-hybridized carbons (Fsp3) is 0.0909. The summed E-state index contributed by atoms with van der Waals surface area (Å²) in [4.78, 5) is 1.06. The zero-order valence-electron chi connectivity index (χ0n) is 8.58. The van der Waals surface area contributed by atoms with E-state index in [4.69, 9.17) is 29.0 Å². The smallest absolute Gasteiger partial charge is 0.0931 e. The van der Waals surface area contributed by atoms with Crippen LogP contribution in [0.4, 0.5) is 0 Å². The monoisotopic (exact) mass is 398 g/mol. The number of hydrogen-bond acceptors (Lipinski definition) is 3. The van der Waals surface area contributed by atoms with Crippen LogP contribution in [0.25, 0.3) is 0 Å². The summed E-state index contributed by atoms with van der Waals surface area (Å²) in [5.41, 5.74) is 3.81. The molecule has 1 heterocycles. The molecule has 0 fully saturated rings. The molecular formula is C11H9Cl2IN2S. The Kier molecular flexibility index (Phi) is 4.68. The van der Waals surface area contributed by atoms with E-state index in [0.717, 1.165) is 23.4 Å². The van der Waals surface area contributed by atoms with Crippen LogP contribution in [-0.2, 0) is 0 Å². The minimum absolute atomic E-state index is 0.0815. The van der Waals surface area contributed by atoms with Crippen molar-refractivity contribution in [1.82, 2.24) is 5.43 Å². The zero-order valence-corrected chi connectivity index (χ0v) is 13.1. The van der Waals surface area contributed by atoms with E-state index in [2.05, 4.69) is 28.0 Å². The number of rotatable bonds is 3. The Labute approximate surface area is 127 Å². The second-order valence-electron chi connectivity index (χ2n) is 3.42. The summed E-state index contributed by atoms with van der Waals surface area (Å²) in [5, 5.41) is 0.728. The zero-order chi connectivity index (χ0) is 12.4. The predicted octanol–water partition coefficient (Wildman–Crippen LogP) is 4.21. The van der Waals surface area contributed by atoms with E-state index in [-0.39, 0.29) is 6.04 Å². The number of nitrogens with two attached hydrogens (primary N) is 1. The van der Waals surface area contributed by atoms with Crippen LogP contribution in [0.3, 0.4) is 0 Å². The average Bonchev–Trinajstić information content (AvgIpc) is 2.71. The van der Waals surface area contributed by atoms with Gasteiger partial charge in [-0.15, -0.1) is 11.3 Å². The Hall–Kier alpha value is 0.150. The van der Waals surface area contributed by atoms with Crippen molar-refractivity contribution in [2.24, 2.45) is 5.84 Å². The number of hydrogen-bond donors (Lipinski definition) is 2. The lowest BCUT2D eigenvalue weighted by molar-refractivity contribution is 0.646. The van der Waals surface area contributed by atoms with E-state index in [0.29, 0.717) is 0 Å². The fourth-order valence-electron chi connectivity index (χ4n) is 1.52. The lowest BCUT2D eigenvalue weighted by atomic mass is 10.1. The first kappa shape index (κ1) is 13.6. The van der Waals surface area contributed by atoms with Crippen molar-refractivity contribution in [3.8, 4) is 0 Å². The van der Waals surface area contributed by atoms with Crippen molar-refractivity contribution in [2.75, 3.05) is 0 Å². The first-order chi connectivity index (χ1) is 8.11. The van der Waals surface area contributed by atoms with Gasteiger partial charge in [0.15, 0.2) is 0 Å². The topological polar surface area (TPSA) is 38.0 Å². The van der Waals surface area contributed by atoms with Crippen molar-refractivity contribution in [2.45, 2.75) is 6.04 Å². The van der Waals surface area contributed by atoms with Gasteiger partial charge in [-0.2, -0.15) is 0 Å². The van der Waals surface area contributed by atoms with Crippen LogP contribution in [0.5, 0.6) is 0 Å². The van der Waals surface area contributed by atoms with Crippen molar-refractivity contribution in [3.05, 3.63) is 53.7 Å². The third kappa shape index (κ3) is 3.13. The van der Waals surface area contributed by atoms with Gasteiger partial charge in [0, 0.05) is 8.45 Å². The van der Waals surface area contributed by atoms with E-state index in [1.54, 1.807) is 0 Å². The van der Waals surface area contributed by atoms with Gasteiger partial charge in [0.05, 0.1) is 15.4 Å². The van der Waals surface area contributed by atoms with Gasteiger partial charge in [-0.25, -0.2) is 5.43 Å². The SMILES string of the molecule is NNC(c1ccc(I)c(Cl)c1)c1ccc(Cl)s1. The van der Waals surface area contributed by atoms with Gasteiger partial charge >= 0.3 is 0 Å². The van der Waals surface area contributed by atoms with Gasteiger partial charge in [-0.05, 0) is 52.4 Å². The fourth-order valence-corrected chi connectivity index (χ4v) is 3.19. The van der Waals surface area contributed by atoms with E-state index in [9.17, 15) is 0 Å². The first-order valence-electron chi connectivity index (χ1n) is 4.78. The Morgan fingerprint density at radius 3 is 2.53 bits per heavy atom. The molecule has 90 valence electrons. The molecule has 0 saturated heterocycles. The van der Waals surface area contributed by atoms with Crippen LogP contribution in [0.1, 0.15) is 16.5 Å². The summed E-state index contributed by atoms with van der Waals surface area (Å²) in [7, 11) is 0. The molecule has 2 aromatic rings. The van der Waals surface area contributed by atoms with E-state index >= 15 is 0 Å². The molecule has 0 radical (unpaired) electrons. The summed E-state index contributed by atoms with van der Waals surface area (Å²) in [5.74, 6) is 5.60. The Balaban J connectivity index is 2.38. The standard InChI is InChI=1S/C11H9Cl2IN2S/c12-7-5-6(1-2-8(7)14)11(16-15)9-3-4-10(13)17-9/h1-5,11,16H,15H2. The van der Waals surface area contributed by atoms with Crippen LogP contribution in [0.2, 0.25) is 9.36 Å². The molecule has 0 aliphatic heterocycles. The molecule has 0 aliphatic rings. The maximum absolute atomic E-state index is 6.11. The summed E-state index contributed by atoms with van der Waals surface area (Å²) < 4.78 is 1.77. The molecule has 1 aromatic carbocycles. The summed E-state index contributed by atoms with van der Waals surface area (Å²) >= 11 is 15.7. The number of hydrazine groups is 1. The van der Waals surface area contributed by atoms with Crippen LogP contribution in [-0.4, -0.2) is 0 Å².